The standard InChI is InChI=1S/C7H13As/c1-2-3-4-5-6-7-8/h6-7H,2-5H2,1H3. The molecule has 0 spiro atoms. The Labute approximate surface area is 60.9 Å². The van der Waals surface area contributed by atoms with Crippen molar-refractivity contribution in [2.75, 3.05) is 0 Å². The molecule has 0 aromatic heterocycles. The Morgan fingerprint density at radius 3 is 2.62 bits per heavy atom. The summed E-state index contributed by atoms with van der Waals surface area (Å²) in [6, 6.07) is 0. The molecule has 0 rings (SSSR count). The zero-order valence-corrected chi connectivity index (χ0v) is 7.31. The van der Waals surface area contributed by atoms with Gasteiger partial charge in [0.2, 0.25) is 0 Å². The van der Waals surface area contributed by atoms with Gasteiger partial charge in [0.25, 0.3) is 0 Å². The van der Waals surface area contributed by atoms with Gasteiger partial charge in [0, 0.05) is 0 Å². The van der Waals surface area contributed by atoms with Gasteiger partial charge in [-0.2, -0.15) is 0 Å². The summed E-state index contributed by atoms with van der Waals surface area (Å²) in [6.07, 6.45) is 7.51. The molecule has 0 heterocycles. The van der Waals surface area contributed by atoms with E-state index in [1.54, 1.807) is 0 Å². The maximum atomic E-state index is 2.46. The summed E-state index contributed by atoms with van der Waals surface area (Å²) in [5.41, 5.74) is 0. The fraction of sp³-hybridized carbons (Fsp3) is 0.714. The van der Waals surface area contributed by atoms with E-state index in [1.807, 2.05) is 0 Å². The van der Waals surface area contributed by atoms with Crippen molar-refractivity contribution in [1.29, 1.82) is 0 Å². The summed E-state index contributed by atoms with van der Waals surface area (Å²) in [4.78, 5) is 2.06. The van der Waals surface area contributed by atoms with Gasteiger partial charge in [-0.25, -0.2) is 0 Å². The van der Waals surface area contributed by atoms with Crippen LogP contribution in [0.25, 0.3) is 0 Å². The Morgan fingerprint density at radius 2 is 2.12 bits per heavy atom. The van der Waals surface area contributed by atoms with Crippen molar-refractivity contribution >= 4 is 16.9 Å². The molecule has 0 atom stereocenters. The fourth-order valence-electron chi connectivity index (χ4n) is 0.587. The summed E-state index contributed by atoms with van der Waals surface area (Å²) < 4.78 is 0. The van der Waals surface area contributed by atoms with Crippen molar-refractivity contribution in [3.8, 4) is 0 Å². The van der Waals surface area contributed by atoms with Crippen molar-refractivity contribution in [2.45, 2.75) is 32.6 Å². The molecule has 0 nitrogen and oxygen atoms in total. The third-order valence-electron chi connectivity index (χ3n) is 1.08. The molecule has 1 heteroatoms. The van der Waals surface area contributed by atoms with Crippen LogP contribution in [0.1, 0.15) is 32.6 Å². The molecule has 0 unspecified atom stereocenters. The summed E-state index contributed by atoms with van der Waals surface area (Å²) in [5, 5.41) is 0. The molecule has 0 aromatic rings. The summed E-state index contributed by atoms with van der Waals surface area (Å²) in [6.45, 7) is 2.23. The predicted molar refractivity (Wildman–Crippen MR) is 39.0 cm³/mol. The van der Waals surface area contributed by atoms with E-state index in [4.69, 9.17) is 0 Å². The first-order valence-corrected chi connectivity index (χ1v) is 4.29. The topological polar surface area (TPSA) is 0 Å². The molecule has 0 aliphatic rings. The first-order chi connectivity index (χ1) is 3.91. The molecule has 0 fully saturated rings. The van der Waals surface area contributed by atoms with Gasteiger partial charge < -0.3 is 0 Å². The molecule has 0 aromatic carbocycles. The van der Waals surface area contributed by atoms with Gasteiger partial charge in [-0.1, -0.05) is 0 Å². The molecular weight excluding hydrogens is 159 g/mol. The van der Waals surface area contributed by atoms with Gasteiger partial charge in [-0.15, -0.1) is 0 Å². The van der Waals surface area contributed by atoms with E-state index in [-0.39, 0.29) is 0 Å². The minimum atomic E-state index is 1.25. The van der Waals surface area contributed by atoms with Crippen molar-refractivity contribution in [1.82, 2.24) is 0 Å². The number of rotatable bonds is 4. The molecule has 0 amide bonds. The van der Waals surface area contributed by atoms with Crippen molar-refractivity contribution < 1.29 is 0 Å². The molecule has 0 aliphatic carbocycles. The van der Waals surface area contributed by atoms with Crippen molar-refractivity contribution in [2.24, 2.45) is 0 Å². The van der Waals surface area contributed by atoms with E-state index in [9.17, 15) is 0 Å². The van der Waals surface area contributed by atoms with Crippen LogP contribution in [-0.2, 0) is 0 Å². The summed E-state index contributed by atoms with van der Waals surface area (Å²) >= 11 is 2.46. The zero-order chi connectivity index (χ0) is 6.24. The second-order valence-corrected chi connectivity index (χ2v) is 2.51. The average Bonchev–Trinajstić information content (AvgIpc) is 1.81. The molecule has 0 bridgehead atoms. The first kappa shape index (κ1) is 8.30. The Balaban J connectivity index is 2.72. The molecule has 0 N–H and O–H groups in total. The van der Waals surface area contributed by atoms with E-state index in [1.165, 1.54) is 25.7 Å². The van der Waals surface area contributed by atoms with Crippen molar-refractivity contribution in [3.63, 3.8) is 0 Å². The van der Waals surface area contributed by atoms with Gasteiger partial charge >= 0.3 is 60.4 Å². The predicted octanol–water partition coefficient (Wildman–Crippen LogP) is 2.25. The Bertz CT molecular complexity index is 57.4. The number of allylic oxidation sites excluding steroid dienone is 1. The van der Waals surface area contributed by atoms with Crippen LogP contribution in [0.3, 0.4) is 0 Å². The van der Waals surface area contributed by atoms with Crippen LogP contribution in [0.15, 0.2) is 10.9 Å². The monoisotopic (exact) mass is 172 g/mol. The molecule has 0 saturated carbocycles. The fourth-order valence-corrected chi connectivity index (χ4v) is 0.899. The first-order valence-electron chi connectivity index (χ1n) is 3.21. The molecule has 0 aliphatic heterocycles. The third kappa shape index (κ3) is 6.30. The van der Waals surface area contributed by atoms with Gasteiger partial charge in [0.05, 0.1) is 0 Å². The normalized spacial score (nSPS) is 10.8. The third-order valence-corrected chi connectivity index (χ3v) is 1.52. The molecule has 46 valence electrons. The molecule has 8 heavy (non-hydrogen) atoms. The SMILES string of the molecule is CCCCCC=C[As]. The van der Waals surface area contributed by atoms with Gasteiger partial charge in [-0.3, -0.25) is 0 Å². The van der Waals surface area contributed by atoms with E-state index in [2.05, 4.69) is 34.7 Å². The molecule has 2 radical (unpaired) electrons. The Hall–Kier alpha value is 0.298. The van der Waals surface area contributed by atoms with Gasteiger partial charge in [0.15, 0.2) is 0 Å². The minimum absolute atomic E-state index is 1.25. The summed E-state index contributed by atoms with van der Waals surface area (Å²) in [5.74, 6) is 0. The Morgan fingerprint density at radius 1 is 1.38 bits per heavy atom. The zero-order valence-electron chi connectivity index (χ0n) is 5.43. The van der Waals surface area contributed by atoms with Crippen molar-refractivity contribution in [3.05, 3.63) is 10.9 Å². The van der Waals surface area contributed by atoms with E-state index in [0.29, 0.717) is 0 Å². The number of unbranched alkanes of at least 4 members (excludes halogenated alkanes) is 3. The second-order valence-electron chi connectivity index (χ2n) is 1.88. The van der Waals surface area contributed by atoms with Crippen LogP contribution >= 0.6 is 0 Å². The van der Waals surface area contributed by atoms with E-state index < -0.39 is 0 Å². The quantitative estimate of drug-likeness (QED) is 0.450. The molecular formula is C7H13As. The van der Waals surface area contributed by atoms with Crippen LogP contribution in [-0.4, -0.2) is 16.9 Å². The van der Waals surface area contributed by atoms with Crippen LogP contribution < -0.4 is 0 Å². The van der Waals surface area contributed by atoms with Gasteiger partial charge in [-0.05, 0) is 0 Å². The second kappa shape index (κ2) is 7.30. The molecule has 0 saturated heterocycles. The van der Waals surface area contributed by atoms with Crippen LogP contribution in [0.4, 0.5) is 0 Å². The van der Waals surface area contributed by atoms with Crippen LogP contribution in [0, 0.1) is 0 Å². The average molecular weight is 172 g/mol. The van der Waals surface area contributed by atoms with E-state index >= 15 is 0 Å². The number of hydrogen-bond donors (Lipinski definition) is 0. The van der Waals surface area contributed by atoms with Crippen LogP contribution in [0.2, 0.25) is 0 Å². The van der Waals surface area contributed by atoms with Crippen LogP contribution in [0.5, 0.6) is 0 Å². The Kier molecular flexibility index (Phi) is 7.57. The maximum absolute atomic E-state index is 2.46. The summed E-state index contributed by atoms with van der Waals surface area (Å²) in [7, 11) is 0. The van der Waals surface area contributed by atoms with Gasteiger partial charge in [0.1, 0.15) is 0 Å². The van der Waals surface area contributed by atoms with E-state index in [0.717, 1.165) is 0 Å². The number of hydrogen-bond acceptors (Lipinski definition) is 0.